The van der Waals surface area contributed by atoms with Gasteiger partial charge >= 0.3 is 11.9 Å². The first-order valence-electron chi connectivity index (χ1n) is 7.64. The van der Waals surface area contributed by atoms with Crippen LogP contribution in [0.1, 0.15) is 30.6 Å². The Labute approximate surface area is 154 Å². The van der Waals surface area contributed by atoms with Crippen molar-refractivity contribution in [3.05, 3.63) is 38.9 Å². The molecule has 142 valence electrons. The number of methoxy groups -OCH3 is 1. The number of rotatable bonds is 8. The van der Waals surface area contributed by atoms with Crippen LogP contribution in [0.4, 0.5) is 5.69 Å². The lowest BCUT2D eigenvalue weighted by molar-refractivity contribution is -0.384. The number of halogens is 1. The number of carbonyl (C=O) groups is 3. The zero-order valence-corrected chi connectivity index (χ0v) is 15.2. The minimum Gasteiger partial charge on any atom is -0.467 e. The fraction of sp³-hybridized carbons (Fsp3) is 0.438. The van der Waals surface area contributed by atoms with E-state index in [2.05, 4.69) is 10.1 Å². The van der Waals surface area contributed by atoms with E-state index >= 15 is 0 Å². The molecule has 1 amide bonds. The van der Waals surface area contributed by atoms with Crippen molar-refractivity contribution < 1.29 is 28.8 Å². The number of nitro groups is 1. The molecule has 0 aliphatic rings. The highest BCUT2D eigenvalue weighted by Crippen LogP contribution is 2.22. The number of hydrogen-bond acceptors (Lipinski definition) is 7. The number of non-ortho nitro benzene ring substituents is 1. The average molecular weight is 387 g/mol. The molecule has 0 fully saturated rings. The summed E-state index contributed by atoms with van der Waals surface area (Å²) in [6, 6.07) is 2.41. The summed E-state index contributed by atoms with van der Waals surface area (Å²) in [7, 11) is 1.20. The minimum atomic E-state index is -0.993. The van der Waals surface area contributed by atoms with Crippen molar-refractivity contribution in [2.24, 2.45) is 5.92 Å². The van der Waals surface area contributed by atoms with Crippen LogP contribution in [-0.4, -0.2) is 42.5 Å². The number of carbonyl (C=O) groups excluding carboxylic acids is 3. The quantitative estimate of drug-likeness (QED) is 0.412. The molecule has 0 aromatic heterocycles. The summed E-state index contributed by atoms with van der Waals surface area (Å²) in [5.41, 5.74) is -0.575. The topological polar surface area (TPSA) is 125 Å². The molecular weight excluding hydrogens is 368 g/mol. The van der Waals surface area contributed by atoms with Gasteiger partial charge in [-0.3, -0.25) is 14.9 Å². The maximum Gasteiger partial charge on any atom is 0.340 e. The van der Waals surface area contributed by atoms with Crippen molar-refractivity contribution in [1.82, 2.24) is 5.32 Å². The molecule has 0 saturated heterocycles. The Hall–Kier alpha value is -2.68. The van der Waals surface area contributed by atoms with E-state index in [1.165, 1.54) is 13.2 Å². The molecule has 0 aliphatic heterocycles. The molecule has 1 aromatic carbocycles. The van der Waals surface area contributed by atoms with Crippen LogP contribution in [-0.2, 0) is 19.1 Å². The van der Waals surface area contributed by atoms with Crippen molar-refractivity contribution in [3.63, 3.8) is 0 Å². The van der Waals surface area contributed by atoms with Crippen molar-refractivity contribution in [2.45, 2.75) is 26.3 Å². The van der Waals surface area contributed by atoms with E-state index in [0.717, 1.165) is 12.1 Å². The normalized spacial score (nSPS) is 11.6. The van der Waals surface area contributed by atoms with Crippen LogP contribution in [0, 0.1) is 16.0 Å². The van der Waals surface area contributed by atoms with Crippen LogP contribution in [0.3, 0.4) is 0 Å². The highest BCUT2D eigenvalue weighted by molar-refractivity contribution is 6.33. The summed E-state index contributed by atoms with van der Waals surface area (Å²) in [6.07, 6.45) is 0.350. The van der Waals surface area contributed by atoms with E-state index in [1.807, 2.05) is 13.8 Å². The van der Waals surface area contributed by atoms with Gasteiger partial charge in [0.15, 0.2) is 6.61 Å². The predicted octanol–water partition coefficient (Wildman–Crippen LogP) is 2.11. The van der Waals surface area contributed by atoms with Gasteiger partial charge in [0.2, 0.25) is 0 Å². The van der Waals surface area contributed by atoms with E-state index in [4.69, 9.17) is 16.3 Å². The molecule has 9 nitrogen and oxygen atoms in total. The van der Waals surface area contributed by atoms with E-state index in [1.54, 1.807) is 0 Å². The average Bonchev–Trinajstić information content (AvgIpc) is 2.58. The van der Waals surface area contributed by atoms with Crippen LogP contribution in [0.15, 0.2) is 18.2 Å². The van der Waals surface area contributed by atoms with Crippen molar-refractivity contribution in [2.75, 3.05) is 13.7 Å². The smallest absolute Gasteiger partial charge is 0.340 e. The number of hydrogen-bond donors (Lipinski definition) is 1. The van der Waals surface area contributed by atoms with Gasteiger partial charge in [-0.25, -0.2) is 9.59 Å². The van der Waals surface area contributed by atoms with Gasteiger partial charge in [0.1, 0.15) is 6.04 Å². The second-order valence-corrected chi connectivity index (χ2v) is 6.18. The van der Waals surface area contributed by atoms with Crippen molar-refractivity contribution in [3.8, 4) is 0 Å². The molecule has 1 N–H and O–H groups in total. The molecule has 10 heteroatoms. The number of esters is 2. The monoisotopic (exact) mass is 386 g/mol. The Morgan fingerprint density at radius 2 is 1.96 bits per heavy atom. The largest absolute Gasteiger partial charge is 0.467 e. The Bertz CT molecular complexity index is 706. The van der Waals surface area contributed by atoms with Crippen molar-refractivity contribution >= 4 is 35.1 Å². The van der Waals surface area contributed by atoms with Gasteiger partial charge in [-0.1, -0.05) is 25.4 Å². The van der Waals surface area contributed by atoms with Gasteiger partial charge in [0.05, 0.1) is 22.6 Å². The van der Waals surface area contributed by atoms with E-state index in [-0.39, 0.29) is 22.2 Å². The zero-order valence-electron chi connectivity index (χ0n) is 14.5. The van der Waals surface area contributed by atoms with Crippen LogP contribution in [0.2, 0.25) is 5.02 Å². The number of amides is 1. The lowest BCUT2D eigenvalue weighted by atomic mass is 10.0. The van der Waals surface area contributed by atoms with Gasteiger partial charge in [-0.15, -0.1) is 0 Å². The second-order valence-electron chi connectivity index (χ2n) is 5.77. The molecule has 0 unspecified atom stereocenters. The maximum atomic E-state index is 12.0. The molecule has 0 radical (unpaired) electrons. The molecule has 1 rings (SSSR count). The third-order valence-electron chi connectivity index (χ3n) is 3.24. The van der Waals surface area contributed by atoms with Crippen molar-refractivity contribution in [1.29, 1.82) is 0 Å². The first kappa shape index (κ1) is 21.4. The molecule has 1 atom stereocenters. The lowest BCUT2D eigenvalue weighted by Crippen LogP contribution is -2.44. The number of nitrogens with zero attached hydrogens (tertiary/aromatic N) is 1. The molecule has 0 saturated carbocycles. The summed E-state index contributed by atoms with van der Waals surface area (Å²) in [5, 5.41) is 13.1. The summed E-state index contributed by atoms with van der Waals surface area (Å²) in [5.74, 6) is -2.20. The van der Waals surface area contributed by atoms with E-state index < -0.39 is 35.4 Å². The van der Waals surface area contributed by atoms with Gasteiger partial charge in [0.25, 0.3) is 11.6 Å². The van der Waals surface area contributed by atoms with Gasteiger partial charge in [0, 0.05) is 12.1 Å². The highest BCUT2D eigenvalue weighted by atomic mass is 35.5. The van der Waals surface area contributed by atoms with Crippen LogP contribution >= 0.6 is 11.6 Å². The summed E-state index contributed by atoms with van der Waals surface area (Å²) < 4.78 is 9.43. The van der Waals surface area contributed by atoms with Crippen LogP contribution in [0.5, 0.6) is 0 Å². The van der Waals surface area contributed by atoms with E-state index in [0.29, 0.717) is 6.42 Å². The fourth-order valence-corrected chi connectivity index (χ4v) is 2.25. The van der Waals surface area contributed by atoms with Crippen LogP contribution in [0.25, 0.3) is 0 Å². The maximum absolute atomic E-state index is 12.0. The molecule has 0 spiro atoms. The summed E-state index contributed by atoms with van der Waals surface area (Å²) in [4.78, 5) is 45.6. The number of ether oxygens (including phenoxy) is 2. The molecule has 1 aromatic rings. The van der Waals surface area contributed by atoms with Gasteiger partial charge in [-0.05, 0) is 18.4 Å². The zero-order chi connectivity index (χ0) is 19.9. The summed E-state index contributed by atoms with van der Waals surface area (Å²) in [6.45, 7) is 3.06. The standard InChI is InChI=1S/C16H19ClN2O7/c1-9(2)6-13(16(22)25-3)18-14(20)8-26-15(21)11-7-10(19(23)24)4-5-12(11)17/h4-5,7,9,13H,6,8H2,1-3H3,(H,18,20)/t13-/m0/s1. The molecule has 0 aliphatic carbocycles. The molecular formula is C16H19ClN2O7. The molecule has 0 heterocycles. The van der Waals surface area contributed by atoms with E-state index in [9.17, 15) is 24.5 Å². The first-order chi connectivity index (χ1) is 12.1. The lowest BCUT2D eigenvalue weighted by Gasteiger charge is -2.18. The second kappa shape index (κ2) is 9.71. The number of nitro benzene ring substituents is 1. The van der Waals surface area contributed by atoms with Gasteiger partial charge < -0.3 is 14.8 Å². The molecule has 26 heavy (non-hydrogen) atoms. The minimum absolute atomic E-state index is 0.0479. The van der Waals surface area contributed by atoms with Crippen LogP contribution < -0.4 is 5.32 Å². The Balaban J connectivity index is 2.71. The third kappa shape index (κ3) is 6.32. The summed E-state index contributed by atoms with van der Waals surface area (Å²) >= 11 is 5.83. The predicted molar refractivity (Wildman–Crippen MR) is 91.8 cm³/mol. The fourth-order valence-electron chi connectivity index (χ4n) is 2.06. The third-order valence-corrected chi connectivity index (χ3v) is 3.57. The Morgan fingerprint density at radius 3 is 2.50 bits per heavy atom. The van der Waals surface area contributed by atoms with Gasteiger partial charge in [-0.2, -0.15) is 0 Å². The number of nitrogens with one attached hydrogen (secondary N) is 1. The first-order valence-corrected chi connectivity index (χ1v) is 8.01. The number of benzene rings is 1. The highest BCUT2D eigenvalue weighted by Gasteiger charge is 2.24. The molecule has 0 bridgehead atoms. The Kier molecular flexibility index (Phi) is 7.98. The Morgan fingerprint density at radius 1 is 1.31 bits per heavy atom. The SMILES string of the molecule is COC(=O)[C@H](CC(C)C)NC(=O)COC(=O)c1cc([N+](=O)[O-])ccc1Cl.